The second-order valence-corrected chi connectivity index (χ2v) is 7.27. The van der Waals surface area contributed by atoms with Gasteiger partial charge in [-0.05, 0) is 30.7 Å². The summed E-state index contributed by atoms with van der Waals surface area (Å²) >= 11 is 3.85. The van der Waals surface area contributed by atoms with E-state index >= 15 is 0 Å². The molecule has 90 valence electrons. The number of hydrogen-bond acceptors (Lipinski definition) is 4. The minimum Gasteiger partial charge on any atom is -0.329 e. The molecular weight excluding hydrogens is 248 g/mol. The maximum Gasteiger partial charge on any atom is 0.0952 e. The molecule has 3 rings (SSSR count). The molecule has 17 heavy (non-hydrogen) atoms. The number of nitrogens with two attached hydrogens (primary N) is 1. The standard InChI is InChI=1S/C13H16N2S2/c14-9-13(6-3-7-16-13)8-12-15-10-4-1-2-5-11(10)17-12/h1-2,4-5H,3,6-9,14H2. The Morgan fingerprint density at radius 3 is 2.94 bits per heavy atom. The Balaban J connectivity index is 1.89. The van der Waals surface area contributed by atoms with E-state index in [1.54, 1.807) is 0 Å². The number of thioether (sulfide) groups is 1. The molecule has 0 radical (unpaired) electrons. The smallest absolute Gasteiger partial charge is 0.0952 e. The molecule has 2 aromatic rings. The molecule has 0 bridgehead atoms. The third-order valence-electron chi connectivity index (χ3n) is 3.37. The molecule has 1 atom stereocenters. The van der Waals surface area contributed by atoms with E-state index in [9.17, 15) is 0 Å². The Bertz CT molecular complexity index is 482. The lowest BCUT2D eigenvalue weighted by Crippen LogP contribution is -2.34. The molecule has 1 saturated heterocycles. The van der Waals surface area contributed by atoms with Gasteiger partial charge in [-0.1, -0.05) is 12.1 Å². The summed E-state index contributed by atoms with van der Waals surface area (Å²) in [7, 11) is 0. The van der Waals surface area contributed by atoms with Crippen molar-refractivity contribution in [1.29, 1.82) is 0 Å². The molecule has 0 amide bonds. The van der Waals surface area contributed by atoms with E-state index < -0.39 is 0 Å². The molecule has 1 fully saturated rings. The lowest BCUT2D eigenvalue weighted by molar-refractivity contribution is 0.564. The number of aromatic nitrogens is 1. The molecule has 0 saturated carbocycles. The number of fused-ring (bicyclic) bond motifs is 1. The molecule has 0 aliphatic carbocycles. The molecule has 4 heteroatoms. The van der Waals surface area contributed by atoms with Gasteiger partial charge in [0.1, 0.15) is 0 Å². The van der Waals surface area contributed by atoms with E-state index in [1.807, 2.05) is 23.1 Å². The summed E-state index contributed by atoms with van der Waals surface area (Å²) in [5, 5.41) is 1.24. The van der Waals surface area contributed by atoms with Crippen LogP contribution in [0.25, 0.3) is 10.2 Å². The van der Waals surface area contributed by atoms with Gasteiger partial charge in [-0.25, -0.2) is 4.98 Å². The van der Waals surface area contributed by atoms with Crippen LogP contribution in [0.5, 0.6) is 0 Å². The summed E-state index contributed by atoms with van der Waals surface area (Å²) in [6, 6.07) is 8.36. The number of nitrogens with zero attached hydrogens (tertiary/aromatic N) is 1. The number of rotatable bonds is 3. The van der Waals surface area contributed by atoms with E-state index in [-0.39, 0.29) is 4.75 Å². The van der Waals surface area contributed by atoms with Gasteiger partial charge < -0.3 is 5.73 Å². The molecule has 1 aromatic carbocycles. The Morgan fingerprint density at radius 2 is 2.24 bits per heavy atom. The third-order valence-corrected chi connectivity index (χ3v) is 6.03. The first-order valence-corrected chi connectivity index (χ1v) is 7.80. The van der Waals surface area contributed by atoms with Gasteiger partial charge in [-0.3, -0.25) is 0 Å². The number of hydrogen-bond donors (Lipinski definition) is 1. The molecule has 1 aromatic heterocycles. The fourth-order valence-corrected chi connectivity index (χ4v) is 4.97. The van der Waals surface area contributed by atoms with Crippen LogP contribution in [0.4, 0.5) is 0 Å². The van der Waals surface area contributed by atoms with Crippen LogP contribution < -0.4 is 5.73 Å². The van der Waals surface area contributed by atoms with E-state index in [2.05, 4.69) is 24.3 Å². The second kappa shape index (κ2) is 4.59. The Labute approximate surface area is 110 Å². The number of para-hydroxylation sites is 1. The first kappa shape index (κ1) is 11.5. The zero-order valence-electron chi connectivity index (χ0n) is 9.69. The summed E-state index contributed by atoms with van der Waals surface area (Å²) < 4.78 is 1.55. The molecule has 2 heterocycles. The summed E-state index contributed by atoms with van der Waals surface area (Å²) in [6.07, 6.45) is 3.57. The highest BCUT2D eigenvalue weighted by molar-refractivity contribution is 8.00. The number of benzene rings is 1. The van der Waals surface area contributed by atoms with Crippen LogP contribution in [-0.2, 0) is 6.42 Å². The topological polar surface area (TPSA) is 38.9 Å². The molecule has 1 aliphatic heterocycles. The monoisotopic (exact) mass is 264 g/mol. The lowest BCUT2D eigenvalue weighted by atomic mass is 10.00. The van der Waals surface area contributed by atoms with Gasteiger partial charge in [-0.15, -0.1) is 11.3 Å². The Morgan fingerprint density at radius 1 is 1.35 bits per heavy atom. The average Bonchev–Trinajstić information content (AvgIpc) is 2.95. The van der Waals surface area contributed by atoms with Crippen LogP contribution in [-0.4, -0.2) is 22.0 Å². The predicted molar refractivity (Wildman–Crippen MR) is 76.8 cm³/mol. The molecule has 2 nitrogen and oxygen atoms in total. The second-order valence-electron chi connectivity index (χ2n) is 4.59. The fraction of sp³-hybridized carbons (Fsp3) is 0.462. The average molecular weight is 264 g/mol. The predicted octanol–water partition coefficient (Wildman–Crippen LogP) is 3.06. The van der Waals surface area contributed by atoms with Crippen molar-refractivity contribution in [3.63, 3.8) is 0 Å². The summed E-state index contributed by atoms with van der Waals surface area (Å²) in [6.45, 7) is 0.771. The van der Waals surface area contributed by atoms with E-state index in [1.165, 1.54) is 28.3 Å². The fourth-order valence-electron chi connectivity index (χ4n) is 2.40. The van der Waals surface area contributed by atoms with E-state index in [0.29, 0.717) is 0 Å². The van der Waals surface area contributed by atoms with Crippen molar-refractivity contribution in [1.82, 2.24) is 4.98 Å². The van der Waals surface area contributed by atoms with Crippen molar-refractivity contribution >= 4 is 33.3 Å². The Kier molecular flexibility index (Phi) is 3.11. The van der Waals surface area contributed by atoms with Gasteiger partial charge in [0.2, 0.25) is 0 Å². The molecule has 0 spiro atoms. The highest BCUT2D eigenvalue weighted by Gasteiger charge is 2.34. The first-order chi connectivity index (χ1) is 8.31. The summed E-state index contributed by atoms with van der Waals surface area (Å²) in [5.41, 5.74) is 7.09. The lowest BCUT2D eigenvalue weighted by Gasteiger charge is -2.24. The minimum atomic E-state index is 0.258. The largest absolute Gasteiger partial charge is 0.329 e. The van der Waals surface area contributed by atoms with Gasteiger partial charge in [0.05, 0.1) is 15.2 Å². The minimum absolute atomic E-state index is 0.258. The third kappa shape index (κ3) is 2.21. The number of thiazole rings is 1. The summed E-state index contributed by atoms with van der Waals surface area (Å²) in [5.74, 6) is 1.25. The summed E-state index contributed by atoms with van der Waals surface area (Å²) in [4.78, 5) is 4.72. The van der Waals surface area contributed by atoms with Crippen LogP contribution >= 0.6 is 23.1 Å². The Hall–Kier alpha value is -0.580. The maximum atomic E-state index is 5.97. The molecule has 1 aliphatic rings. The van der Waals surface area contributed by atoms with Gasteiger partial charge in [0.15, 0.2) is 0 Å². The van der Waals surface area contributed by atoms with E-state index in [4.69, 9.17) is 10.7 Å². The zero-order valence-corrected chi connectivity index (χ0v) is 11.3. The van der Waals surface area contributed by atoms with Gasteiger partial charge in [0.25, 0.3) is 0 Å². The highest BCUT2D eigenvalue weighted by Crippen LogP contribution is 2.41. The van der Waals surface area contributed by atoms with Gasteiger partial charge in [0, 0.05) is 17.7 Å². The van der Waals surface area contributed by atoms with Crippen molar-refractivity contribution in [2.24, 2.45) is 5.73 Å². The van der Waals surface area contributed by atoms with Crippen molar-refractivity contribution in [2.45, 2.75) is 24.0 Å². The zero-order chi connectivity index (χ0) is 11.7. The van der Waals surface area contributed by atoms with E-state index in [0.717, 1.165) is 18.5 Å². The SMILES string of the molecule is NCC1(Cc2nc3ccccc3s2)CCCS1. The molecular formula is C13H16N2S2. The van der Waals surface area contributed by atoms with Gasteiger partial charge >= 0.3 is 0 Å². The quantitative estimate of drug-likeness (QED) is 0.926. The highest BCUT2D eigenvalue weighted by atomic mass is 32.2. The van der Waals surface area contributed by atoms with Crippen molar-refractivity contribution in [3.05, 3.63) is 29.3 Å². The normalized spacial score (nSPS) is 24.5. The van der Waals surface area contributed by atoms with Crippen LogP contribution in [0.3, 0.4) is 0 Å². The van der Waals surface area contributed by atoms with Crippen LogP contribution in [0.1, 0.15) is 17.8 Å². The van der Waals surface area contributed by atoms with Crippen LogP contribution in [0.15, 0.2) is 24.3 Å². The maximum absolute atomic E-state index is 5.97. The van der Waals surface area contributed by atoms with Crippen molar-refractivity contribution in [2.75, 3.05) is 12.3 Å². The van der Waals surface area contributed by atoms with Crippen LogP contribution in [0, 0.1) is 0 Å². The molecule has 1 unspecified atom stereocenters. The molecule has 2 N–H and O–H groups in total. The van der Waals surface area contributed by atoms with Crippen molar-refractivity contribution < 1.29 is 0 Å². The van der Waals surface area contributed by atoms with Crippen LogP contribution in [0.2, 0.25) is 0 Å². The first-order valence-electron chi connectivity index (χ1n) is 6.00. The van der Waals surface area contributed by atoms with Crippen molar-refractivity contribution in [3.8, 4) is 0 Å². The van der Waals surface area contributed by atoms with Gasteiger partial charge in [-0.2, -0.15) is 11.8 Å².